The van der Waals surface area contributed by atoms with Gasteiger partial charge in [0.15, 0.2) is 5.60 Å². The molecule has 0 bridgehead atoms. The van der Waals surface area contributed by atoms with Gasteiger partial charge in [0.05, 0.1) is 5.56 Å². The van der Waals surface area contributed by atoms with Crippen LogP contribution in [0.1, 0.15) is 67.2 Å². The predicted octanol–water partition coefficient (Wildman–Crippen LogP) is 4.26. The van der Waals surface area contributed by atoms with Crippen LogP contribution < -0.4 is 11.5 Å². The van der Waals surface area contributed by atoms with Gasteiger partial charge >= 0.3 is 0 Å². The molecular weight excluding hydrogens is 400 g/mol. The number of carbonyl (C=O) groups excluding carboxylic acids is 1. The van der Waals surface area contributed by atoms with Gasteiger partial charge in [-0.2, -0.15) is 0 Å². The van der Waals surface area contributed by atoms with Crippen LogP contribution in [0.3, 0.4) is 0 Å². The van der Waals surface area contributed by atoms with Crippen molar-refractivity contribution in [3.05, 3.63) is 70.3 Å². The molecule has 1 unspecified atom stereocenters. The van der Waals surface area contributed by atoms with Crippen LogP contribution in [0.2, 0.25) is 0 Å². The summed E-state index contributed by atoms with van der Waals surface area (Å²) in [6.07, 6.45) is 4.86. The summed E-state index contributed by atoms with van der Waals surface area (Å²) in [5.41, 5.74) is 10.4. The lowest BCUT2D eigenvalue weighted by Crippen LogP contribution is -2.47. The molecule has 5 N–H and O–H groups in total. The SMILES string of the molecule is CCOC(Cc1ccc(C(=N)N)cc1)(C(N)=O)c1c(F)cc(C2CCCCC2)cc1F. The molecule has 166 valence electrons. The zero-order valence-electron chi connectivity index (χ0n) is 17.7. The van der Waals surface area contributed by atoms with Crippen molar-refractivity contribution in [2.45, 2.75) is 57.0 Å². The molecule has 2 aromatic rings. The highest BCUT2D eigenvalue weighted by Crippen LogP contribution is 2.38. The van der Waals surface area contributed by atoms with Crippen molar-refractivity contribution in [3.8, 4) is 0 Å². The minimum atomic E-state index is -1.99. The number of halogens is 2. The molecule has 0 radical (unpaired) electrons. The number of primary amides is 1. The van der Waals surface area contributed by atoms with Gasteiger partial charge in [0, 0.05) is 18.6 Å². The van der Waals surface area contributed by atoms with Gasteiger partial charge in [-0.1, -0.05) is 43.5 Å². The van der Waals surface area contributed by atoms with Crippen LogP contribution in [0.15, 0.2) is 36.4 Å². The lowest BCUT2D eigenvalue weighted by molar-refractivity contribution is -0.145. The Labute approximate surface area is 181 Å². The molecule has 0 saturated heterocycles. The topological polar surface area (TPSA) is 102 Å². The van der Waals surface area contributed by atoms with Crippen molar-refractivity contribution >= 4 is 11.7 Å². The summed E-state index contributed by atoms with van der Waals surface area (Å²) >= 11 is 0. The van der Waals surface area contributed by atoms with E-state index in [0.29, 0.717) is 16.7 Å². The maximum atomic E-state index is 15.3. The average Bonchev–Trinajstić information content (AvgIpc) is 2.74. The molecule has 0 aliphatic heterocycles. The highest BCUT2D eigenvalue weighted by Gasteiger charge is 2.44. The number of hydrogen-bond donors (Lipinski definition) is 3. The summed E-state index contributed by atoms with van der Waals surface area (Å²) in [5, 5.41) is 7.50. The number of amides is 1. The molecule has 0 aromatic heterocycles. The molecule has 0 spiro atoms. The first-order valence-corrected chi connectivity index (χ1v) is 10.6. The van der Waals surface area contributed by atoms with E-state index in [1.54, 1.807) is 31.2 Å². The molecule has 7 heteroatoms. The number of nitrogens with one attached hydrogen (secondary N) is 1. The van der Waals surface area contributed by atoms with Gasteiger partial charge in [0.2, 0.25) is 0 Å². The fourth-order valence-corrected chi connectivity index (χ4v) is 4.48. The van der Waals surface area contributed by atoms with E-state index in [2.05, 4.69) is 0 Å². The van der Waals surface area contributed by atoms with Crippen molar-refractivity contribution in [1.82, 2.24) is 0 Å². The maximum Gasteiger partial charge on any atom is 0.254 e. The summed E-state index contributed by atoms with van der Waals surface area (Å²) in [5.74, 6) is -2.61. The van der Waals surface area contributed by atoms with Crippen molar-refractivity contribution in [1.29, 1.82) is 5.41 Å². The number of benzene rings is 2. The normalized spacial score (nSPS) is 16.6. The molecule has 1 aliphatic rings. The fourth-order valence-electron chi connectivity index (χ4n) is 4.48. The molecule has 31 heavy (non-hydrogen) atoms. The van der Waals surface area contributed by atoms with Crippen LogP contribution >= 0.6 is 0 Å². The van der Waals surface area contributed by atoms with Gasteiger partial charge in [-0.3, -0.25) is 10.2 Å². The number of carbonyl (C=O) groups is 1. The van der Waals surface area contributed by atoms with Gasteiger partial charge in [-0.15, -0.1) is 0 Å². The molecule has 1 saturated carbocycles. The van der Waals surface area contributed by atoms with Gasteiger partial charge in [0.25, 0.3) is 5.91 Å². The number of amidine groups is 1. The Balaban J connectivity index is 2.05. The molecule has 0 heterocycles. The second kappa shape index (κ2) is 9.56. The van der Waals surface area contributed by atoms with Crippen LogP contribution in [0.4, 0.5) is 8.78 Å². The maximum absolute atomic E-state index is 15.3. The summed E-state index contributed by atoms with van der Waals surface area (Å²) < 4.78 is 36.4. The van der Waals surface area contributed by atoms with E-state index >= 15 is 8.78 Å². The van der Waals surface area contributed by atoms with E-state index in [1.165, 1.54) is 12.1 Å². The zero-order chi connectivity index (χ0) is 22.6. The zero-order valence-corrected chi connectivity index (χ0v) is 17.7. The monoisotopic (exact) mass is 429 g/mol. The predicted molar refractivity (Wildman–Crippen MR) is 116 cm³/mol. The number of ether oxygens (including phenoxy) is 1. The highest BCUT2D eigenvalue weighted by molar-refractivity contribution is 5.95. The average molecular weight is 430 g/mol. The first kappa shape index (κ1) is 22.9. The summed E-state index contributed by atoms with van der Waals surface area (Å²) in [6, 6.07) is 9.13. The lowest BCUT2D eigenvalue weighted by Gasteiger charge is -2.32. The Morgan fingerprint density at radius 1 is 1.10 bits per heavy atom. The fraction of sp³-hybridized carbons (Fsp3) is 0.417. The van der Waals surface area contributed by atoms with E-state index < -0.39 is 28.7 Å². The number of hydrogen-bond acceptors (Lipinski definition) is 3. The van der Waals surface area contributed by atoms with Gasteiger partial charge < -0.3 is 16.2 Å². The summed E-state index contributed by atoms with van der Waals surface area (Å²) in [7, 11) is 0. The quantitative estimate of drug-likeness (QED) is 0.432. The van der Waals surface area contributed by atoms with E-state index in [0.717, 1.165) is 32.1 Å². The molecule has 1 atom stereocenters. The van der Waals surface area contributed by atoms with Gasteiger partial charge in [-0.25, -0.2) is 8.78 Å². The Bertz CT molecular complexity index is 933. The van der Waals surface area contributed by atoms with E-state index in [4.69, 9.17) is 21.6 Å². The molecule has 2 aromatic carbocycles. The Morgan fingerprint density at radius 3 is 2.16 bits per heavy atom. The third kappa shape index (κ3) is 4.77. The number of rotatable bonds is 8. The largest absolute Gasteiger partial charge is 0.384 e. The van der Waals surface area contributed by atoms with Gasteiger partial charge in [-0.05, 0) is 48.9 Å². The molecule has 1 aliphatic carbocycles. The van der Waals surface area contributed by atoms with E-state index in [1.807, 2.05) is 0 Å². The Hall–Kier alpha value is -2.80. The van der Waals surface area contributed by atoms with Crippen molar-refractivity contribution in [2.75, 3.05) is 6.61 Å². The molecule has 1 fully saturated rings. The number of nitrogens with two attached hydrogens (primary N) is 2. The molecule has 1 amide bonds. The van der Waals surface area contributed by atoms with E-state index in [9.17, 15) is 4.79 Å². The van der Waals surface area contributed by atoms with Crippen LogP contribution in [-0.4, -0.2) is 18.3 Å². The second-order valence-electron chi connectivity index (χ2n) is 8.11. The van der Waals surface area contributed by atoms with Crippen molar-refractivity contribution < 1.29 is 18.3 Å². The standard InChI is InChI=1S/C24H29F2N3O2/c1-2-31-24(23(29)30,14-15-8-10-17(11-9-15)22(27)28)21-19(25)12-18(13-20(21)26)16-6-4-3-5-7-16/h8-13,16H,2-7,14H2,1H3,(H3,27,28)(H2,29,30). The molecule has 3 rings (SSSR count). The third-order valence-corrected chi connectivity index (χ3v) is 6.05. The van der Waals surface area contributed by atoms with Crippen LogP contribution in [0.5, 0.6) is 0 Å². The van der Waals surface area contributed by atoms with Gasteiger partial charge in [0.1, 0.15) is 17.5 Å². The van der Waals surface area contributed by atoms with Crippen LogP contribution in [-0.2, 0) is 21.6 Å². The molecule has 5 nitrogen and oxygen atoms in total. The minimum Gasteiger partial charge on any atom is -0.384 e. The second-order valence-corrected chi connectivity index (χ2v) is 8.11. The lowest BCUT2D eigenvalue weighted by atomic mass is 9.81. The highest BCUT2D eigenvalue weighted by atomic mass is 19.1. The Morgan fingerprint density at radius 2 is 1.68 bits per heavy atom. The number of nitrogen functional groups attached to an aromatic ring is 1. The van der Waals surface area contributed by atoms with Crippen molar-refractivity contribution in [3.63, 3.8) is 0 Å². The van der Waals surface area contributed by atoms with E-state index in [-0.39, 0.29) is 24.8 Å². The first-order chi connectivity index (χ1) is 14.8. The third-order valence-electron chi connectivity index (χ3n) is 6.05. The molecular formula is C24H29F2N3O2. The Kier molecular flexibility index (Phi) is 7.05. The van der Waals surface area contributed by atoms with Crippen LogP contribution in [0, 0.1) is 17.0 Å². The minimum absolute atomic E-state index is 0.0394. The van der Waals surface area contributed by atoms with Crippen LogP contribution in [0.25, 0.3) is 0 Å². The van der Waals surface area contributed by atoms with Crippen molar-refractivity contribution in [2.24, 2.45) is 11.5 Å². The summed E-state index contributed by atoms with van der Waals surface area (Å²) in [4.78, 5) is 12.6. The summed E-state index contributed by atoms with van der Waals surface area (Å²) in [6.45, 7) is 1.68. The smallest absolute Gasteiger partial charge is 0.254 e. The first-order valence-electron chi connectivity index (χ1n) is 10.6.